The summed E-state index contributed by atoms with van der Waals surface area (Å²) in [5.41, 5.74) is 0. The third-order valence-electron chi connectivity index (χ3n) is 3.59. The van der Waals surface area contributed by atoms with Crippen molar-refractivity contribution in [1.82, 2.24) is 24.1 Å². The predicted molar refractivity (Wildman–Crippen MR) is 83.4 cm³/mol. The maximum atomic E-state index is 4.65. The van der Waals surface area contributed by atoms with E-state index in [1.807, 2.05) is 4.68 Å². The second-order valence-electron chi connectivity index (χ2n) is 5.92. The Morgan fingerprint density at radius 1 is 1.33 bits per heavy atom. The zero-order valence-electron chi connectivity index (χ0n) is 12.8. The Kier molecular flexibility index (Phi) is 4.19. The van der Waals surface area contributed by atoms with Gasteiger partial charge in [-0.15, -0.1) is 0 Å². The summed E-state index contributed by atoms with van der Waals surface area (Å²) >= 11 is 1.44. The largest absolute Gasteiger partial charge is 0.350 e. The standard InChI is InChI=1S/C14H22N6S/c1-4-11-16-13-10(6-5-7-20(13)18-11)15-14-17-12(19-21-14)8-9(2)3/h9-10H,4-8H2,1-3H3,(H,15,17,19). The average molecular weight is 306 g/mol. The topological polar surface area (TPSA) is 68.5 Å². The van der Waals surface area contributed by atoms with E-state index in [0.29, 0.717) is 5.92 Å². The van der Waals surface area contributed by atoms with E-state index in [9.17, 15) is 0 Å². The third kappa shape index (κ3) is 3.23. The van der Waals surface area contributed by atoms with Crippen LogP contribution >= 0.6 is 11.5 Å². The lowest BCUT2D eigenvalue weighted by Crippen LogP contribution is -2.22. The number of fused-ring (bicyclic) bond motifs is 1. The fraction of sp³-hybridized carbons (Fsp3) is 0.714. The van der Waals surface area contributed by atoms with Gasteiger partial charge in [0.15, 0.2) is 5.82 Å². The molecule has 0 radical (unpaired) electrons. The first-order chi connectivity index (χ1) is 10.2. The summed E-state index contributed by atoms with van der Waals surface area (Å²) in [5, 5.41) is 8.92. The lowest BCUT2D eigenvalue weighted by molar-refractivity contribution is 0.437. The molecule has 2 aromatic rings. The lowest BCUT2D eigenvalue weighted by atomic mass is 10.1. The number of aromatic nitrogens is 5. The van der Waals surface area contributed by atoms with Crippen molar-refractivity contribution >= 4 is 16.7 Å². The zero-order valence-corrected chi connectivity index (χ0v) is 13.7. The first-order valence-electron chi connectivity index (χ1n) is 7.68. The van der Waals surface area contributed by atoms with Gasteiger partial charge in [0.2, 0.25) is 5.13 Å². The fourth-order valence-electron chi connectivity index (χ4n) is 2.60. The van der Waals surface area contributed by atoms with Crippen molar-refractivity contribution < 1.29 is 0 Å². The van der Waals surface area contributed by atoms with Crippen molar-refractivity contribution in [2.75, 3.05) is 5.32 Å². The Bertz CT molecular complexity index is 602. The van der Waals surface area contributed by atoms with Crippen LogP contribution in [0.3, 0.4) is 0 Å². The fourth-order valence-corrected chi connectivity index (χ4v) is 3.24. The normalized spacial score (nSPS) is 18.0. The Labute approximate surface area is 129 Å². The molecule has 6 nitrogen and oxygen atoms in total. The van der Waals surface area contributed by atoms with Gasteiger partial charge in [-0.1, -0.05) is 20.8 Å². The van der Waals surface area contributed by atoms with Gasteiger partial charge in [-0.3, -0.25) is 0 Å². The van der Waals surface area contributed by atoms with Crippen molar-refractivity contribution in [3.05, 3.63) is 17.5 Å². The number of hydrogen-bond donors (Lipinski definition) is 1. The number of aryl methyl sites for hydroxylation is 2. The molecule has 7 heteroatoms. The van der Waals surface area contributed by atoms with Gasteiger partial charge in [0, 0.05) is 30.9 Å². The number of nitrogens with zero attached hydrogens (tertiary/aromatic N) is 5. The van der Waals surface area contributed by atoms with Crippen LogP contribution in [0.5, 0.6) is 0 Å². The van der Waals surface area contributed by atoms with Crippen LogP contribution in [0, 0.1) is 5.92 Å². The number of anilines is 1. The Balaban J connectivity index is 1.74. The molecular formula is C14H22N6S. The van der Waals surface area contributed by atoms with Gasteiger partial charge < -0.3 is 5.32 Å². The SMILES string of the molecule is CCc1nc2n(n1)CCCC2Nc1nc(CC(C)C)ns1. The van der Waals surface area contributed by atoms with Gasteiger partial charge in [0.05, 0.1) is 6.04 Å². The van der Waals surface area contributed by atoms with Gasteiger partial charge in [-0.25, -0.2) is 14.6 Å². The van der Waals surface area contributed by atoms with E-state index in [1.54, 1.807) is 0 Å². The molecule has 114 valence electrons. The lowest BCUT2D eigenvalue weighted by Gasteiger charge is -2.22. The third-order valence-corrected chi connectivity index (χ3v) is 4.28. The summed E-state index contributed by atoms with van der Waals surface area (Å²) in [6, 6.07) is 0.200. The highest BCUT2D eigenvalue weighted by Gasteiger charge is 2.24. The Hall–Kier alpha value is -1.50. The summed E-state index contributed by atoms with van der Waals surface area (Å²) in [6.45, 7) is 7.43. The zero-order chi connectivity index (χ0) is 14.8. The molecule has 0 aliphatic carbocycles. The van der Waals surface area contributed by atoms with Crippen LogP contribution in [0.2, 0.25) is 0 Å². The molecule has 0 saturated carbocycles. The van der Waals surface area contributed by atoms with Crippen LogP contribution in [-0.2, 0) is 19.4 Å². The molecule has 0 fully saturated rings. The smallest absolute Gasteiger partial charge is 0.203 e. The molecule has 0 bridgehead atoms. The first-order valence-corrected chi connectivity index (χ1v) is 8.45. The van der Waals surface area contributed by atoms with Crippen molar-refractivity contribution in [2.24, 2.45) is 5.92 Å². The molecule has 1 aliphatic rings. The molecule has 3 rings (SSSR count). The van der Waals surface area contributed by atoms with Crippen LogP contribution in [0.4, 0.5) is 5.13 Å². The van der Waals surface area contributed by atoms with Gasteiger partial charge >= 0.3 is 0 Å². The van der Waals surface area contributed by atoms with E-state index in [2.05, 4.69) is 45.5 Å². The number of rotatable bonds is 5. The van der Waals surface area contributed by atoms with Crippen LogP contribution in [0.25, 0.3) is 0 Å². The highest BCUT2D eigenvalue weighted by molar-refractivity contribution is 7.09. The number of hydrogen-bond acceptors (Lipinski definition) is 6. The van der Waals surface area contributed by atoms with Crippen molar-refractivity contribution in [2.45, 2.75) is 59.0 Å². The quantitative estimate of drug-likeness (QED) is 0.920. The van der Waals surface area contributed by atoms with Crippen molar-refractivity contribution in [3.8, 4) is 0 Å². The molecule has 0 saturated heterocycles. The summed E-state index contributed by atoms with van der Waals surface area (Å²) < 4.78 is 6.46. The van der Waals surface area contributed by atoms with Crippen LogP contribution in [0.15, 0.2) is 0 Å². The summed E-state index contributed by atoms with van der Waals surface area (Å²) in [6.07, 6.45) is 4.00. The number of nitrogens with one attached hydrogen (secondary N) is 1. The molecule has 21 heavy (non-hydrogen) atoms. The first kappa shape index (κ1) is 14.4. The van der Waals surface area contributed by atoms with E-state index in [-0.39, 0.29) is 6.04 Å². The minimum atomic E-state index is 0.200. The van der Waals surface area contributed by atoms with Gasteiger partial charge in [-0.05, 0) is 18.8 Å². The van der Waals surface area contributed by atoms with E-state index in [1.165, 1.54) is 11.5 Å². The molecular weight excluding hydrogens is 284 g/mol. The summed E-state index contributed by atoms with van der Waals surface area (Å²) in [7, 11) is 0. The monoisotopic (exact) mass is 306 g/mol. The van der Waals surface area contributed by atoms with E-state index >= 15 is 0 Å². The van der Waals surface area contributed by atoms with Crippen LogP contribution in [0.1, 0.15) is 57.1 Å². The van der Waals surface area contributed by atoms with Crippen LogP contribution < -0.4 is 5.32 Å². The predicted octanol–water partition coefficient (Wildman–Crippen LogP) is 2.84. The second kappa shape index (κ2) is 6.09. The highest BCUT2D eigenvalue weighted by Crippen LogP contribution is 2.28. The van der Waals surface area contributed by atoms with E-state index in [4.69, 9.17) is 0 Å². The van der Waals surface area contributed by atoms with Gasteiger partial charge in [0.25, 0.3) is 0 Å². The van der Waals surface area contributed by atoms with E-state index < -0.39 is 0 Å². The van der Waals surface area contributed by atoms with Gasteiger partial charge in [-0.2, -0.15) is 9.47 Å². The van der Waals surface area contributed by atoms with Crippen molar-refractivity contribution in [3.63, 3.8) is 0 Å². The average Bonchev–Trinajstić information content (AvgIpc) is 3.05. The minimum absolute atomic E-state index is 0.200. The summed E-state index contributed by atoms with van der Waals surface area (Å²) in [5.74, 6) is 3.48. The maximum Gasteiger partial charge on any atom is 0.203 e. The molecule has 0 amide bonds. The summed E-state index contributed by atoms with van der Waals surface area (Å²) in [4.78, 5) is 9.23. The highest BCUT2D eigenvalue weighted by atomic mass is 32.1. The van der Waals surface area contributed by atoms with E-state index in [0.717, 1.165) is 54.8 Å². The Morgan fingerprint density at radius 3 is 2.95 bits per heavy atom. The molecule has 2 aromatic heterocycles. The second-order valence-corrected chi connectivity index (χ2v) is 6.67. The van der Waals surface area contributed by atoms with Crippen LogP contribution in [-0.4, -0.2) is 24.1 Å². The molecule has 1 N–H and O–H groups in total. The minimum Gasteiger partial charge on any atom is -0.350 e. The Morgan fingerprint density at radius 2 is 2.19 bits per heavy atom. The molecule has 3 heterocycles. The molecule has 0 aromatic carbocycles. The van der Waals surface area contributed by atoms with Gasteiger partial charge in [0.1, 0.15) is 11.6 Å². The maximum absolute atomic E-state index is 4.65. The molecule has 1 aliphatic heterocycles. The molecule has 0 spiro atoms. The van der Waals surface area contributed by atoms with Crippen molar-refractivity contribution in [1.29, 1.82) is 0 Å². The molecule has 1 atom stereocenters. The molecule has 1 unspecified atom stereocenters.